The molecule has 1 aliphatic heterocycles. The van der Waals surface area contributed by atoms with Crippen LogP contribution in [0.3, 0.4) is 0 Å². The highest BCUT2D eigenvalue weighted by atomic mass is 35.5. The molecule has 1 aromatic carbocycles. The highest BCUT2D eigenvalue weighted by molar-refractivity contribution is 5.94. The van der Waals surface area contributed by atoms with Gasteiger partial charge >= 0.3 is 0 Å². The summed E-state index contributed by atoms with van der Waals surface area (Å²) in [6.07, 6.45) is 5.66. The van der Waals surface area contributed by atoms with Gasteiger partial charge in [-0.15, -0.1) is 12.4 Å². The van der Waals surface area contributed by atoms with E-state index in [1.807, 2.05) is 29.2 Å². The number of nitrogens with zero attached hydrogens (tertiary/aromatic N) is 1. The molecule has 5 heteroatoms. The molecule has 1 amide bonds. The highest BCUT2D eigenvalue weighted by Gasteiger charge is 2.45. The first-order valence-corrected chi connectivity index (χ1v) is 8.41. The van der Waals surface area contributed by atoms with Crippen molar-refractivity contribution in [2.45, 2.75) is 44.6 Å². The second-order valence-corrected chi connectivity index (χ2v) is 6.84. The number of carbonyl (C=O) groups is 1. The number of carbonyl (C=O) groups excluding carboxylic acids is 1. The fourth-order valence-electron chi connectivity index (χ4n) is 4.09. The summed E-state index contributed by atoms with van der Waals surface area (Å²) in [5.41, 5.74) is 7.42. The number of rotatable bonds is 3. The molecule has 0 radical (unpaired) electrons. The standard InChI is InChI=1S/C18H26N2O2.ClH/c19-11-8-14-4-6-15(7-5-14)17(22)20-12-2-10-18(13-20)9-1-3-16(18)21;/h4-7,16,21H,1-3,8-13,19H2;1H/t16-,18-;/m1./s1. The summed E-state index contributed by atoms with van der Waals surface area (Å²) in [6, 6.07) is 7.79. The summed E-state index contributed by atoms with van der Waals surface area (Å²) in [6.45, 7) is 2.13. The normalized spacial score (nSPS) is 27.0. The Labute approximate surface area is 144 Å². The lowest BCUT2D eigenvalue weighted by atomic mass is 9.76. The molecular weight excluding hydrogens is 312 g/mol. The van der Waals surface area contributed by atoms with Gasteiger partial charge in [-0.05, 0) is 56.3 Å². The summed E-state index contributed by atoms with van der Waals surface area (Å²) in [5.74, 6) is 0.0949. The van der Waals surface area contributed by atoms with Crippen molar-refractivity contribution in [3.63, 3.8) is 0 Å². The van der Waals surface area contributed by atoms with Crippen LogP contribution < -0.4 is 5.73 Å². The summed E-state index contributed by atoms with van der Waals surface area (Å²) in [7, 11) is 0. The van der Waals surface area contributed by atoms with Crippen molar-refractivity contribution in [3.05, 3.63) is 35.4 Å². The first kappa shape index (κ1) is 18.2. The number of hydrogen-bond donors (Lipinski definition) is 2. The maximum absolute atomic E-state index is 12.7. The summed E-state index contributed by atoms with van der Waals surface area (Å²) < 4.78 is 0. The van der Waals surface area contributed by atoms with Crippen LogP contribution in [-0.4, -0.2) is 41.7 Å². The Bertz CT molecular complexity index is 534. The number of halogens is 1. The minimum Gasteiger partial charge on any atom is -0.392 e. The maximum atomic E-state index is 12.7. The molecular formula is C18H27ClN2O2. The molecule has 1 saturated heterocycles. The van der Waals surface area contributed by atoms with Crippen LogP contribution in [0, 0.1) is 5.41 Å². The molecule has 2 fully saturated rings. The molecule has 1 aliphatic carbocycles. The van der Waals surface area contributed by atoms with E-state index in [-0.39, 0.29) is 29.8 Å². The monoisotopic (exact) mass is 338 g/mol. The Kier molecular flexibility index (Phi) is 6.06. The lowest BCUT2D eigenvalue weighted by Gasteiger charge is -2.42. The van der Waals surface area contributed by atoms with Gasteiger partial charge in [0.25, 0.3) is 5.91 Å². The van der Waals surface area contributed by atoms with Crippen LogP contribution >= 0.6 is 12.4 Å². The largest absolute Gasteiger partial charge is 0.392 e. The Balaban J connectivity index is 0.00000192. The molecule has 3 N–H and O–H groups in total. The number of aliphatic hydroxyl groups excluding tert-OH is 1. The van der Waals surface area contributed by atoms with E-state index in [1.54, 1.807) is 0 Å². The Hall–Kier alpha value is -1.10. The maximum Gasteiger partial charge on any atom is 0.253 e. The lowest BCUT2D eigenvalue weighted by Crippen LogP contribution is -2.49. The molecule has 1 saturated carbocycles. The van der Waals surface area contributed by atoms with Gasteiger partial charge < -0.3 is 15.7 Å². The lowest BCUT2D eigenvalue weighted by molar-refractivity contribution is -0.00535. The van der Waals surface area contributed by atoms with E-state index in [2.05, 4.69) is 0 Å². The van der Waals surface area contributed by atoms with Crippen molar-refractivity contribution in [2.75, 3.05) is 19.6 Å². The van der Waals surface area contributed by atoms with Crippen LogP contribution in [0.4, 0.5) is 0 Å². The van der Waals surface area contributed by atoms with Crippen molar-refractivity contribution in [1.82, 2.24) is 4.90 Å². The van der Waals surface area contributed by atoms with Crippen LogP contribution in [0.1, 0.15) is 48.0 Å². The van der Waals surface area contributed by atoms with E-state index < -0.39 is 0 Å². The second kappa shape index (κ2) is 7.65. The number of benzene rings is 1. The first-order valence-electron chi connectivity index (χ1n) is 8.41. The van der Waals surface area contributed by atoms with Crippen LogP contribution in [-0.2, 0) is 6.42 Å². The van der Waals surface area contributed by atoms with Gasteiger partial charge in [0, 0.05) is 24.1 Å². The van der Waals surface area contributed by atoms with Gasteiger partial charge in [-0.3, -0.25) is 4.79 Å². The van der Waals surface area contributed by atoms with E-state index in [0.29, 0.717) is 13.1 Å². The zero-order chi connectivity index (χ0) is 15.6. The van der Waals surface area contributed by atoms with Crippen LogP contribution in [0.25, 0.3) is 0 Å². The number of piperidine rings is 1. The number of likely N-dealkylation sites (tertiary alicyclic amines) is 1. The van der Waals surface area contributed by atoms with Crippen molar-refractivity contribution in [2.24, 2.45) is 11.1 Å². The van der Waals surface area contributed by atoms with Crippen molar-refractivity contribution in [3.8, 4) is 0 Å². The average Bonchev–Trinajstić information content (AvgIpc) is 2.88. The molecule has 23 heavy (non-hydrogen) atoms. The minimum absolute atomic E-state index is 0. The molecule has 1 heterocycles. The van der Waals surface area contributed by atoms with E-state index >= 15 is 0 Å². The zero-order valence-electron chi connectivity index (χ0n) is 13.5. The molecule has 4 nitrogen and oxygen atoms in total. The van der Waals surface area contributed by atoms with Gasteiger partial charge in [0.15, 0.2) is 0 Å². The molecule has 1 spiro atoms. The topological polar surface area (TPSA) is 66.6 Å². The molecule has 0 bridgehead atoms. The molecule has 2 aliphatic rings. The molecule has 0 unspecified atom stereocenters. The van der Waals surface area contributed by atoms with Crippen LogP contribution in [0.5, 0.6) is 0 Å². The van der Waals surface area contributed by atoms with E-state index in [9.17, 15) is 9.90 Å². The third kappa shape index (κ3) is 3.70. The summed E-state index contributed by atoms with van der Waals surface area (Å²) >= 11 is 0. The van der Waals surface area contributed by atoms with Gasteiger partial charge in [0.2, 0.25) is 0 Å². The van der Waals surface area contributed by atoms with Gasteiger partial charge in [-0.25, -0.2) is 0 Å². The Morgan fingerprint density at radius 3 is 2.57 bits per heavy atom. The van der Waals surface area contributed by atoms with Crippen molar-refractivity contribution in [1.29, 1.82) is 0 Å². The molecule has 128 valence electrons. The van der Waals surface area contributed by atoms with Crippen LogP contribution in [0.2, 0.25) is 0 Å². The summed E-state index contributed by atoms with van der Waals surface area (Å²) in [5, 5.41) is 10.3. The fourth-order valence-corrected chi connectivity index (χ4v) is 4.09. The van der Waals surface area contributed by atoms with Crippen molar-refractivity contribution >= 4 is 18.3 Å². The Morgan fingerprint density at radius 1 is 1.26 bits per heavy atom. The molecule has 1 aromatic rings. The predicted octanol–water partition coefficient (Wildman–Crippen LogP) is 2.38. The second-order valence-electron chi connectivity index (χ2n) is 6.84. The Morgan fingerprint density at radius 2 is 1.96 bits per heavy atom. The quantitative estimate of drug-likeness (QED) is 0.889. The third-order valence-electron chi connectivity index (χ3n) is 5.39. The minimum atomic E-state index is -0.241. The average molecular weight is 339 g/mol. The van der Waals surface area contributed by atoms with Gasteiger partial charge in [0.1, 0.15) is 0 Å². The van der Waals surface area contributed by atoms with E-state index in [1.165, 1.54) is 5.56 Å². The van der Waals surface area contributed by atoms with Crippen LogP contribution in [0.15, 0.2) is 24.3 Å². The molecule has 0 aromatic heterocycles. The number of aliphatic hydroxyl groups is 1. The smallest absolute Gasteiger partial charge is 0.253 e. The fraction of sp³-hybridized carbons (Fsp3) is 0.611. The third-order valence-corrected chi connectivity index (χ3v) is 5.39. The number of nitrogens with two attached hydrogens (primary N) is 1. The molecule has 2 atom stereocenters. The number of hydrogen-bond acceptors (Lipinski definition) is 3. The van der Waals surface area contributed by atoms with Gasteiger partial charge in [-0.1, -0.05) is 18.6 Å². The summed E-state index contributed by atoms with van der Waals surface area (Å²) in [4.78, 5) is 14.7. The van der Waals surface area contributed by atoms with Crippen molar-refractivity contribution < 1.29 is 9.90 Å². The zero-order valence-corrected chi connectivity index (χ0v) is 14.4. The first-order chi connectivity index (χ1) is 10.6. The molecule has 3 rings (SSSR count). The van der Waals surface area contributed by atoms with E-state index in [0.717, 1.165) is 50.6 Å². The number of amides is 1. The van der Waals surface area contributed by atoms with Gasteiger partial charge in [0.05, 0.1) is 6.10 Å². The van der Waals surface area contributed by atoms with E-state index in [4.69, 9.17) is 5.73 Å². The van der Waals surface area contributed by atoms with Gasteiger partial charge in [-0.2, -0.15) is 0 Å². The SMILES string of the molecule is Cl.NCCc1ccc(C(=O)N2CCC[C@]3(CCC[C@H]3O)C2)cc1. The highest BCUT2D eigenvalue weighted by Crippen LogP contribution is 2.45. The predicted molar refractivity (Wildman–Crippen MR) is 93.9 cm³/mol.